The summed E-state index contributed by atoms with van der Waals surface area (Å²) in [5.74, 6) is 0. The summed E-state index contributed by atoms with van der Waals surface area (Å²) in [6.07, 6.45) is 15.0. The molecular formula is C14H28NO. The highest BCUT2D eigenvalue weighted by Gasteiger charge is 1.99. The minimum Gasteiger partial charge on any atom is -0.345 e. The van der Waals surface area contributed by atoms with Gasteiger partial charge in [-0.25, -0.2) is 0 Å². The molecule has 1 unspecified atom stereocenters. The van der Waals surface area contributed by atoms with Crippen LogP contribution in [0, 0.1) is 0 Å². The van der Waals surface area contributed by atoms with Crippen molar-refractivity contribution >= 4 is 6.41 Å². The summed E-state index contributed by atoms with van der Waals surface area (Å²) in [6, 6.07) is 0.294. The van der Waals surface area contributed by atoms with Crippen molar-refractivity contribution in [2.24, 2.45) is 0 Å². The van der Waals surface area contributed by atoms with E-state index in [1.165, 1.54) is 57.8 Å². The Morgan fingerprint density at radius 2 is 1.44 bits per heavy atom. The van der Waals surface area contributed by atoms with E-state index in [0.717, 1.165) is 6.42 Å². The van der Waals surface area contributed by atoms with Crippen LogP contribution in [0.3, 0.4) is 0 Å². The van der Waals surface area contributed by atoms with E-state index in [9.17, 15) is 4.79 Å². The van der Waals surface area contributed by atoms with Crippen LogP contribution in [0.2, 0.25) is 0 Å². The van der Waals surface area contributed by atoms with E-state index in [0.29, 0.717) is 6.04 Å². The van der Waals surface area contributed by atoms with Gasteiger partial charge in [-0.15, -0.1) is 0 Å². The van der Waals surface area contributed by atoms with Crippen molar-refractivity contribution in [2.75, 3.05) is 0 Å². The van der Waals surface area contributed by atoms with Gasteiger partial charge < -0.3 is 5.32 Å². The second-order valence-corrected chi connectivity index (χ2v) is 4.76. The molecule has 0 aromatic rings. The first-order valence-corrected chi connectivity index (χ1v) is 6.94. The van der Waals surface area contributed by atoms with E-state index in [2.05, 4.69) is 12.2 Å². The third kappa shape index (κ3) is 11.5. The largest absolute Gasteiger partial charge is 0.345 e. The monoisotopic (exact) mass is 226 g/mol. The lowest BCUT2D eigenvalue weighted by atomic mass is 10.0. The van der Waals surface area contributed by atoms with Crippen molar-refractivity contribution in [3.05, 3.63) is 0 Å². The van der Waals surface area contributed by atoms with Crippen LogP contribution < -0.4 is 5.32 Å². The Balaban J connectivity index is 3.00. The van der Waals surface area contributed by atoms with Crippen molar-refractivity contribution in [3.8, 4) is 0 Å². The Morgan fingerprint density at radius 3 is 1.94 bits per heavy atom. The second-order valence-electron chi connectivity index (χ2n) is 4.76. The lowest BCUT2D eigenvalue weighted by Gasteiger charge is -2.08. The molecule has 0 saturated heterocycles. The summed E-state index contributed by atoms with van der Waals surface area (Å²) in [5, 5.41) is 2.67. The van der Waals surface area contributed by atoms with Gasteiger partial charge >= 0.3 is 6.41 Å². The highest BCUT2D eigenvalue weighted by Crippen LogP contribution is 2.11. The van der Waals surface area contributed by atoms with Gasteiger partial charge in [-0.1, -0.05) is 64.7 Å². The molecular weight excluding hydrogens is 198 g/mol. The van der Waals surface area contributed by atoms with Crippen molar-refractivity contribution in [1.82, 2.24) is 5.32 Å². The average Bonchev–Trinajstić information content (AvgIpc) is 2.27. The molecule has 1 N–H and O–H groups in total. The summed E-state index contributed by atoms with van der Waals surface area (Å²) in [6.45, 7) is 4.29. The van der Waals surface area contributed by atoms with Crippen molar-refractivity contribution in [1.29, 1.82) is 0 Å². The van der Waals surface area contributed by atoms with Crippen molar-refractivity contribution in [2.45, 2.75) is 84.1 Å². The molecule has 1 radical (unpaired) electrons. The lowest BCUT2D eigenvalue weighted by molar-refractivity contribution is 0.493. The van der Waals surface area contributed by atoms with E-state index in [1.54, 1.807) is 6.41 Å². The minimum atomic E-state index is 0.294. The molecule has 2 nitrogen and oxygen atoms in total. The summed E-state index contributed by atoms with van der Waals surface area (Å²) in [5.41, 5.74) is 0. The number of unbranched alkanes of at least 4 members (excludes halogenated alkanes) is 8. The molecule has 0 aliphatic carbocycles. The molecule has 95 valence electrons. The molecule has 0 heterocycles. The highest BCUT2D eigenvalue weighted by atomic mass is 16.1. The molecule has 0 spiro atoms. The maximum atomic E-state index is 10.0. The summed E-state index contributed by atoms with van der Waals surface area (Å²) in [7, 11) is 0. The third-order valence-electron chi connectivity index (χ3n) is 3.05. The zero-order chi connectivity index (χ0) is 12.1. The highest BCUT2D eigenvalue weighted by molar-refractivity contribution is 5.47. The van der Waals surface area contributed by atoms with Crippen LogP contribution in [0.25, 0.3) is 0 Å². The summed E-state index contributed by atoms with van der Waals surface area (Å²) < 4.78 is 0. The topological polar surface area (TPSA) is 29.1 Å². The second kappa shape index (κ2) is 12.5. The Labute approximate surface area is 101 Å². The standard InChI is InChI=1S/C14H28NO/c1-3-4-5-6-7-8-9-10-11-12-14(2)15-13-16/h14H,3-12H2,1-2H3,(H,15,16). The number of rotatable bonds is 12. The number of hydrogen-bond donors (Lipinski definition) is 1. The summed E-state index contributed by atoms with van der Waals surface area (Å²) >= 11 is 0. The molecule has 1 amide bonds. The predicted molar refractivity (Wildman–Crippen MR) is 70.1 cm³/mol. The fourth-order valence-electron chi connectivity index (χ4n) is 1.93. The maximum Gasteiger partial charge on any atom is 0.309 e. The molecule has 0 saturated carbocycles. The molecule has 2 heteroatoms. The molecule has 0 aromatic heterocycles. The van der Waals surface area contributed by atoms with Crippen LogP contribution in [0.4, 0.5) is 0 Å². The van der Waals surface area contributed by atoms with Crippen LogP contribution in [0.15, 0.2) is 0 Å². The van der Waals surface area contributed by atoms with Crippen LogP contribution >= 0.6 is 0 Å². The molecule has 16 heavy (non-hydrogen) atoms. The number of amides is 1. The van der Waals surface area contributed by atoms with E-state index in [1.807, 2.05) is 6.92 Å². The Hall–Kier alpha value is -0.530. The van der Waals surface area contributed by atoms with Gasteiger partial charge in [0.15, 0.2) is 0 Å². The molecule has 0 aliphatic rings. The van der Waals surface area contributed by atoms with E-state index in [4.69, 9.17) is 0 Å². The zero-order valence-electron chi connectivity index (χ0n) is 11.1. The lowest BCUT2D eigenvalue weighted by Crippen LogP contribution is -2.23. The van der Waals surface area contributed by atoms with Gasteiger partial charge in [0.1, 0.15) is 0 Å². The maximum absolute atomic E-state index is 10.0. The first-order valence-electron chi connectivity index (χ1n) is 6.94. The van der Waals surface area contributed by atoms with Gasteiger partial charge in [-0.3, -0.25) is 4.79 Å². The normalized spacial score (nSPS) is 12.4. The quantitative estimate of drug-likeness (QED) is 0.396. The first kappa shape index (κ1) is 15.5. The van der Waals surface area contributed by atoms with Gasteiger partial charge in [0.25, 0.3) is 0 Å². The first-order chi connectivity index (χ1) is 7.81. The van der Waals surface area contributed by atoms with Gasteiger partial charge in [-0.2, -0.15) is 0 Å². The van der Waals surface area contributed by atoms with Crippen molar-refractivity contribution < 1.29 is 4.79 Å². The smallest absolute Gasteiger partial charge is 0.309 e. The molecule has 0 rings (SSSR count). The number of carbonyl (C=O) groups excluding carboxylic acids is 1. The van der Waals surface area contributed by atoms with Gasteiger partial charge in [0, 0.05) is 6.04 Å². The van der Waals surface area contributed by atoms with Gasteiger partial charge in [-0.05, 0) is 13.3 Å². The van der Waals surface area contributed by atoms with Crippen LogP contribution in [-0.2, 0) is 4.79 Å². The summed E-state index contributed by atoms with van der Waals surface area (Å²) in [4.78, 5) is 10.0. The fraction of sp³-hybridized carbons (Fsp3) is 0.929. The minimum absolute atomic E-state index is 0.294. The Morgan fingerprint density at radius 1 is 0.938 bits per heavy atom. The van der Waals surface area contributed by atoms with E-state index >= 15 is 0 Å². The van der Waals surface area contributed by atoms with Crippen LogP contribution in [0.5, 0.6) is 0 Å². The Kier molecular flexibility index (Phi) is 12.1. The van der Waals surface area contributed by atoms with E-state index < -0.39 is 0 Å². The van der Waals surface area contributed by atoms with Crippen molar-refractivity contribution in [3.63, 3.8) is 0 Å². The van der Waals surface area contributed by atoms with Crippen LogP contribution in [0.1, 0.15) is 78.1 Å². The van der Waals surface area contributed by atoms with E-state index in [-0.39, 0.29) is 0 Å². The molecule has 1 atom stereocenters. The average molecular weight is 226 g/mol. The molecule has 0 aliphatic heterocycles. The molecule has 0 bridgehead atoms. The number of nitrogens with one attached hydrogen (secondary N) is 1. The van der Waals surface area contributed by atoms with Gasteiger partial charge in [0.05, 0.1) is 0 Å². The number of hydrogen-bond acceptors (Lipinski definition) is 1. The van der Waals surface area contributed by atoms with Gasteiger partial charge in [0.2, 0.25) is 0 Å². The zero-order valence-corrected chi connectivity index (χ0v) is 11.1. The molecule has 0 aromatic carbocycles. The third-order valence-corrected chi connectivity index (χ3v) is 3.05. The van der Waals surface area contributed by atoms with Crippen LogP contribution in [-0.4, -0.2) is 12.5 Å². The SMILES string of the molecule is CCCCCCCCCCCC(C)N[C]=O. The Bertz CT molecular complexity index is 148. The fourth-order valence-corrected chi connectivity index (χ4v) is 1.93. The molecule has 0 fully saturated rings. The predicted octanol–water partition coefficient (Wildman–Crippen LogP) is 3.95.